The number of amides is 2. The Hall–Kier alpha value is -2.87. The molecule has 0 unspecified atom stereocenters. The van der Waals surface area contributed by atoms with Gasteiger partial charge in [-0.15, -0.1) is 6.42 Å². The van der Waals surface area contributed by atoms with Crippen molar-refractivity contribution in [3.63, 3.8) is 0 Å². The Bertz CT molecular complexity index is 792. The minimum Gasteiger partial charge on any atom is -0.451 e. The van der Waals surface area contributed by atoms with Gasteiger partial charge in [-0.3, -0.25) is 14.5 Å². The van der Waals surface area contributed by atoms with Crippen molar-refractivity contribution in [1.29, 1.82) is 0 Å². The number of ether oxygens (including phenoxy) is 1. The van der Waals surface area contributed by atoms with Crippen LogP contribution in [0.15, 0.2) is 42.5 Å². The number of hydrogen-bond donors (Lipinski definition) is 0. The maximum atomic E-state index is 13.0. The highest BCUT2D eigenvalue weighted by molar-refractivity contribution is 6.09. The van der Waals surface area contributed by atoms with Crippen LogP contribution < -0.4 is 0 Å². The largest absolute Gasteiger partial charge is 0.451 e. The van der Waals surface area contributed by atoms with Crippen molar-refractivity contribution in [2.24, 2.45) is 23.7 Å². The Morgan fingerprint density at radius 3 is 2.35 bits per heavy atom. The molecule has 1 heterocycles. The summed E-state index contributed by atoms with van der Waals surface area (Å²) in [6, 6.07) is 8.32. The van der Waals surface area contributed by atoms with E-state index in [9.17, 15) is 14.4 Å². The van der Waals surface area contributed by atoms with Gasteiger partial charge in [0.05, 0.1) is 11.8 Å². The topological polar surface area (TPSA) is 63.7 Å². The number of benzene rings is 1. The van der Waals surface area contributed by atoms with Crippen LogP contribution in [0.25, 0.3) is 0 Å². The first-order chi connectivity index (χ1) is 12.6. The average Bonchev–Trinajstić information content (AvgIpc) is 3.33. The molecule has 2 amide bonds. The van der Waals surface area contributed by atoms with Gasteiger partial charge in [0.1, 0.15) is 6.04 Å². The first-order valence-corrected chi connectivity index (χ1v) is 8.81. The van der Waals surface area contributed by atoms with Gasteiger partial charge in [-0.1, -0.05) is 48.4 Å². The van der Waals surface area contributed by atoms with Gasteiger partial charge in [0.15, 0.2) is 6.61 Å². The Morgan fingerprint density at radius 2 is 1.77 bits per heavy atom. The molecule has 0 aromatic heterocycles. The van der Waals surface area contributed by atoms with Crippen molar-refractivity contribution >= 4 is 17.8 Å². The van der Waals surface area contributed by atoms with E-state index in [-0.39, 0.29) is 48.5 Å². The van der Waals surface area contributed by atoms with Crippen LogP contribution in [-0.4, -0.2) is 35.3 Å². The highest BCUT2D eigenvalue weighted by atomic mass is 16.5. The number of imide groups is 1. The summed E-state index contributed by atoms with van der Waals surface area (Å²) < 4.78 is 5.09. The number of carbonyl (C=O) groups is 3. The molecule has 2 bridgehead atoms. The first-order valence-electron chi connectivity index (χ1n) is 8.81. The molecule has 2 aliphatic carbocycles. The number of allylic oxidation sites excluding steroid dienone is 2. The van der Waals surface area contributed by atoms with E-state index >= 15 is 0 Å². The predicted molar refractivity (Wildman–Crippen MR) is 93.3 cm³/mol. The van der Waals surface area contributed by atoms with E-state index in [4.69, 9.17) is 11.2 Å². The van der Waals surface area contributed by atoms with Gasteiger partial charge in [0.2, 0.25) is 11.8 Å². The first kappa shape index (κ1) is 16.6. The molecule has 26 heavy (non-hydrogen) atoms. The SMILES string of the molecule is C#CCOC(=O)[C@H](Cc1ccccc1)N1C(=O)[C@@H]2[C@H](C1=O)[C@H]1C=C[C@@H]2C1. The Kier molecular flexibility index (Phi) is 4.12. The lowest BCUT2D eigenvalue weighted by Gasteiger charge is -2.26. The number of likely N-dealkylation sites (tertiary alicyclic amines) is 1. The van der Waals surface area contributed by atoms with Gasteiger partial charge in [0.25, 0.3) is 0 Å². The molecule has 1 aliphatic heterocycles. The van der Waals surface area contributed by atoms with E-state index in [1.165, 1.54) is 0 Å². The summed E-state index contributed by atoms with van der Waals surface area (Å²) >= 11 is 0. The smallest absolute Gasteiger partial charge is 0.330 e. The molecule has 1 aromatic rings. The van der Waals surface area contributed by atoms with E-state index in [2.05, 4.69) is 5.92 Å². The van der Waals surface area contributed by atoms with E-state index in [1.54, 1.807) is 0 Å². The lowest BCUT2D eigenvalue weighted by molar-refractivity contribution is -0.158. The van der Waals surface area contributed by atoms with Crippen LogP contribution in [0.1, 0.15) is 12.0 Å². The fourth-order valence-corrected chi connectivity index (χ4v) is 4.56. The Balaban J connectivity index is 1.63. The summed E-state index contributed by atoms with van der Waals surface area (Å²) in [5, 5.41) is 0. The highest BCUT2D eigenvalue weighted by Gasteiger charge is 2.61. The lowest BCUT2D eigenvalue weighted by Crippen LogP contribution is -2.48. The number of rotatable bonds is 5. The maximum absolute atomic E-state index is 13.0. The molecule has 4 rings (SSSR count). The number of terminal acetylenes is 1. The second kappa shape index (κ2) is 6.45. The van der Waals surface area contributed by atoms with Crippen LogP contribution in [-0.2, 0) is 25.5 Å². The van der Waals surface area contributed by atoms with E-state index in [1.807, 2.05) is 42.5 Å². The molecule has 1 saturated carbocycles. The molecule has 0 radical (unpaired) electrons. The van der Waals surface area contributed by atoms with Crippen molar-refractivity contribution in [2.75, 3.05) is 6.61 Å². The zero-order valence-electron chi connectivity index (χ0n) is 14.2. The normalized spacial score (nSPS) is 29.6. The summed E-state index contributed by atoms with van der Waals surface area (Å²) in [6.07, 6.45) is 10.3. The van der Waals surface area contributed by atoms with Crippen molar-refractivity contribution in [2.45, 2.75) is 18.9 Å². The number of carbonyl (C=O) groups excluding carboxylic acids is 3. The molecule has 0 spiro atoms. The quantitative estimate of drug-likeness (QED) is 0.350. The van der Waals surface area contributed by atoms with Crippen molar-refractivity contribution < 1.29 is 19.1 Å². The van der Waals surface area contributed by atoms with Crippen LogP contribution in [0, 0.1) is 36.0 Å². The molecular weight excluding hydrogens is 330 g/mol. The van der Waals surface area contributed by atoms with Gasteiger partial charge in [-0.25, -0.2) is 4.79 Å². The van der Waals surface area contributed by atoms with Crippen LogP contribution in [0.2, 0.25) is 0 Å². The average molecular weight is 349 g/mol. The third-order valence-electron chi connectivity index (χ3n) is 5.66. The lowest BCUT2D eigenvalue weighted by atomic mass is 9.85. The van der Waals surface area contributed by atoms with Gasteiger partial charge >= 0.3 is 5.97 Å². The number of nitrogens with zero attached hydrogens (tertiary/aromatic N) is 1. The van der Waals surface area contributed by atoms with Gasteiger partial charge < -0.3 is 4.74 Å². The van der Waals surface area contributed by atoms with Crippen LogP contribution in [0.4, 0.5) is 0 Å². The second-order valence-electron chi connectivity index (χ2n) is 7.06. The fourth-order valence-electron chi connectivity index (χ4n) is 4.56. The fraction of sp³-hybridized carbons (Fsp3) is 0.381. The highest BCUT2D eigenvalue weighted by Crippen LogP contribution is 2.53. The summed E-state index contributed by atoms with van der Waals surface area (Å²) in [5.74, 6) is 0.645. The number of hydrogen-bond acceptors (Lipinski definition) is 4. The van der Waals surface area contributed by atoms with Crippen molar-refractivity contribution in [3.8, 4) is 12.3 Å². The van der Waals surface area contributed by atoms with Crippen molar-refractivity contribution in [1.82, 2.24) is 4.90 Å². The zero-order chi connectivity index (χ0) is 18.3. The molecule has 132 valence electrons. The van der Waals surface area contributed by atoms with Crippen LogP contribution >= 0.6 is 0 Å². The van der Waals surface area contributed by atoms with Crippen molar-refractivity contribution in [3.05, 3.63) is 48.0 Å². The summed E-state index contributed by atoms with van der Waals surface area (Å²) in [5.41, 5.74) is 0.855. The van der Waals surface area contributed by atoms with Gasteiger partial charge in [-0.2, -0.15) is 0 Å². The molecule has 2 fully saturated rings. The van der Waals surface area contributed by atoms with E-state index in [0.717, 1.165) is 16.9 Å². The Morgan fingerprint density at radius 1 is 1.15 bits per heavy atom. The van der Waals surface area contributed by atoms with Gasteiger partial charge in [0, 0.05) is 6.42 Å². The summed E-state index contributed by atoms with van der Waals surface area (Å²) in [6.45, 7) is -0.181. The van der Waals surface area contributed by atoms with Gasteiger partial charge in [-0.05, 0) is 23.8 Å². The van der Waals surface area contributed by atoms with E-state index < -0.39 is 12.0 Å². The minimum atomic E-state index is -0.976. The monoisotopic (exact) mass is 349 g/mol. The molecule has 5 nitrogen and oxygen atoms in total. The number of fused-ring (bicyclic) bond motifs is 5. The summed E-state index contributed by atoms with van der Waals surface area (Å²) in [4.78, 5) is 39.8. The predicted octanol–water partition coefficient (Wildman–Crippen LogP) is 1.58. The molecule has 5 heteroatoms. The minimum absolute atomic E-state index is 0.102. The molecule has 1 aromatic carbocycles. The third kappa shape index (κ3) is 2.53. The molecule has 5 atom stereocenters. The standard InChI is InChI=1S/C21H19NO4/c1-2-10-26-21(25)16(11-13-6-4-3-5-7-13)22-19(23)17-14-8-9-15(12-14)18(17)20(22)24/h1,3-9,14-18H,10-12H2/t14-,15+,16-,17+,18-/m0/s1. The summed E-state index contributed by atoms with van der Waals surface area (Å²) in [7, 11) is 0. The molecule has 0 N–H and O–H groups in total. The van der Waals surface area contributed by atoms with Crippen LogP contribution in [0.3, 0.4) is 0 Å². The second-order valence-corrected chi connectivity index (χ2v) is 7.06. The third-order valence-corrected chi connectivity index (χ3v) is 5.66. The Labute approximate surface area is 152 Å². The van der Waals surface area contributed by atoms with Crippen LogP contribution in [0.5, 0.6) is 0 Å². The molecular formula is C21H19NO4. The zero-order valence-corrected chi connectivity index (χ0v) is 14.2. The maximum Gasteiger partial charge on any atom is 0.330 e. The molecule has 1 saturated heterocycles. The van der Waals surface area contributed by atoms with E-state index in [0.29, 0.717) is 0 Å². The molecule has 3 aliphatic rings. The number of esters is 1.